The molecule has 0 radical (unpaired) electrons. The van der Waals surface area contributed by atoms with E-state index in [9.17, 15) is 23.3 Å². The molecule has 164 valence electrons. The minimum atomic E-state index is -4.01. The Bertz CT molecular complexity index is 940. The first-order chi connectivity index (χ1) is 14.1. The summed E-state index contributed by atoms with van der Waals surface area (Å²) in [7, 11) is -4.01. The molecule has 0 saturated carbocycles. The third-order valence-electron chi connectivity index (χ3n) is 4.59. The highest BCUT2D eigenvalue weighted by atomic mass is 32.2. The van der Waals surface area contributed by atoms with Gasteiger partial charge in [-0.05, 0) is 25.0 Å². The fourth-order valence-corrected chi connectivity index (χ4v) is 3.36. The van der Waals surface area contributed by atoms with Crippen LogP contribution in [0.3, 0.4) is 0 Å². The number of carbonyl (C=O) groups excluding carboxylic acids is 2. The van der Waals surface area contributed by atoms with Crippen molar-refractivity contribution in [3.8, 4) is 17.6 Å². The van der Waals surface area contributed by atoms with E-state index in [-0.39, 0.29) is 10.8 Å². The van der Waals surface area contributed by atoms with Gasteiger partial charge in [-0.2, -0.15) is 9.98 Å². The molecule has 2 rings (SSSR count). The molecule has 0 aliphatic carbocycles. The Hall–Kier alpha value is -2.84. The molecule has 10 nitrogen and oxygen atoms in total. The predicted molar refractivity (Wildman–Crippen MR) is 105 cm³/mol. The molecular weight excluding hydrogens is 414 g/mol. The molecule has 0 bridgehead atoms. The molecule has 1 aliphatic rings. The lowest BCUT2D eigenvalue weighted by Crippen LogP contribution is -2.50. The van der Waals surface area contributed by atoms with Crippen LogP contribution in [0.4, 0.5) is 0 Å². The maximum absolute atomic E-state index is 12.4. The highest BCUT2D eigenvalue weighted by molar-refractivity contribution is 7.89. The Kier molecular flexibility index (Phi) is 7.64. The number of carbonyl (C=O) groups is 2. The van der Waals surface area contributed by atoms with E-state index in [2.05, 4.69) is 10.0 Å². The van der Waals surface area contributed by atoms with Crippen molar-refractivity contribution in [1.82, 2.24) is 10.0 Å². The van der Waals surface area contributed by atoms with Crippen molar-refractivity contribution in [3.05, 3.63) is 18.2 Å². The van der Waals surface area contributed by atoms with Crippen LogP contribution in [-0.4, -0.2) is 52.2 Å². The molecule has 1 amide bonds. The van der Waals surface area contributed by atoms with Gasteiger partial charge in [0.2, 0.25) is 10.0 Å². The summed E-state index contributed by atoms with van der Waals surface area (Å²) in [6.07, 6.45) is 0.680. The molecule has 1 heterocycles. The van der Waals surface area contributed by atoms with Gasteiger partial charge in [0.1, 0.15) is 12.1 Å². The van der Waals surface area contributed by atoms with Crippen LogP contribution >= 0.6 is 0 Å². The lowest BCUT2D eigenvalue weighted by atomic mass is 9.90. The summed E-state index contributed by atoms with van der Waals surface area (Å²) in [4.78, 5) is 23.6. The zero-order valence-electron chi connectivity index (χ0n) is 17.1. The van der Waals surface area contributed by atoms with Crippen LogP contribution in [0.25, 0.3) is 0 Å². The number of nitriles is 1. The van der Waals surface area contributed by atoms with Crippen molar-refractivity contribution in [2.75, 3.05) is 26.4 Å². The van der Waals surface area contributed by atoms with Gasteiger partial charge in [0, 0.05) is 12.5 Å². The van der Waals surface area contributed by atoms with E-state index in [1.54, 1.807) is 20.8 Å². The zero-order chi connectivity index (χ0) is 22.4. The third-order valence-corrected chi connectivity index (χ3v) is 5.99. The molecule has 11 heteroatoms. The molecular formula is C19H25N3O7S. The first-order valence-electron chi connectivity index (χ1n) is 9.34. The number of esters is 1. The predicted octanol–water partition coefficient (Wildman–Crippen LogP) is 0.724. The van der Waals surface area contributed by atoms with Crippen LogP contribution in [0, 0.1) is 17.2 Å². The van der Waals surface area contributed by atoms with Gasteiger partial charge in [-0.1, -0.05) is 13.8 Å². The second-order valence-electron chi connectivity index (χ2n) is 7.16. The van der Waals surface area contributed by atoms with Gasteiger partial charge < -0.3 is 19.5 Å². The second-order valence-corrected chi connectivity index (χ2v) is 8.93. The average molecular weight is 439 g/mol. The van der Waals surface area contributed by atoms with Crippen molar-refractivity contribution in [2.45, 2.75) is 37.6 Å². The number of fused-ring (bicyclic) bond motifs is 1. The summed E-state index contributed by atoms with van der Waals surface area (Å²) in [5.74, 6) is -1.01. The van der Waals surface area contributed by atoms with Crippen LogP contribution in [-0.2, 0) is 24.3 Å². The normalized spacial score (nSPS) is 15.4. The van der Waals surface area contributed by atoms with E-state index < -0.39 is 40.6 Å². The van der Waals surface area contributed by atoms with Crippen LogP contribution in [0.5, 0.6) is 11.5 Å². The fourth-order valence-electron chi connectivity index (χ4n) is 2.37. The SMILES string of the molecule is CC(C)[C@@](C)(C#N)NC(=O)COC(=O)CNS(=O)(=O)c1ccc2c(c1)OCCCO2. The van der Waals surface area contributed by atoms with Crippen LogP contribution in [0.2, 0.25) is 0 Å². The first kappa shape index (κ1) is 23.4. The van der Waals surface area contributed by atoms with Gasteiger partial charge in [0.15, 0.2) is 18.1 Å². The van der Waals surface area contributed by atoms with E-state index in [1.165, 1.54) is 18.2 Å². The molecule has 1 aromatic carbocycles. The topological polar surface area (TPSA) is 144 Å². The molecule has 2 N–H and O–H groups in total. The minimum absolute atomic E-state index is 0.0981. The lowest BCUT2D eigenvalue weighted by Gasteiger charge is -2.27. The maximum Gasteiger partial charge on any atom is 0.321 e. The molecule has 30 heavy (non-hydrogen) atoms. The van der Waals surface area contributed by atoms with Crippen molar-refractivity contribution in [3.63, 3.8) is 0 Å². The minimum Gasteiger partial charge on any atom is -0.490 e. The van der Waals surface area contributed by atoms with Crippen molar-refractivity contribution in [1.29, 1.82) is 5.26 Å². The maximum atomic E-state index is 12.4. The van der Waals surface area contributed by atoms with E-state index in [4.69, 9.17) is 14.2 Å². The number of rotatable bonds is 8. The van der Waals surface area contributed by atoms with E-state index >= 15 is 0 Å². The number of nitrogens with one attached hydrogen (secondary N) is 2. The number of hydrogen-bond acceptors (Lipinski definition) is 8. The molecule has 0 fully saturated rings. The highest BCUT2D eigenvalue weighted by Crippen LogP contribution is 2.31. The number of sulfonamides is 1. The van der Waals surface area contributed by atoms with Gasteiger partial charge in [0.05, 0.1) is 24.2 Å². The van der Waals surface area contributed by atoms with E-state index in [0.29, 0.717) is 31.1 Å². The Morgan fingerprint density at radius 2 is 1.93 bits per heavy atom. The largest absolute Gasteiger partial charge is 0.490 e. The second kappa shape index (κ2) is 9.77. The summed E-state index contributed by atoms with van der Waals surface area (Å²) in [5, 5.41) is 11.7. The summed E-state index contributed by atoms with van der Waals surface area (Å²) in [6, 6.07) is 6.14. The van der Waals surface area contributed by atoms with Gasteiger partial charge in [0.25, 0.3) is 5.91 Å². The smallest absolute Gasteiger partial charge is 0.321 e. The summed E-state index contributed by atoms with van der Waals surface area (Å²) >= 11 is 0. The molecule has 0 spiro atoms. The van der Waals surface area contributed by atoms with Crippen molar-refractivity contribution < 1.29 is 32.2 Å². The monoisotopic (exact) mass is 439 g/mol. The van der Waals surface area contributed by atoms with Crippen molar-refractivity contribution in [2.24, 2.45) is 5.92 Å². The van der Waals surface area contributed by atoms with Crippen LogP contribution in [0.15, 0.2) is 23.1 Å². The zero-order valence-corrected chi connectivity index (χ0v) is 17.9. The van der Waals surface area contributed by atoms with E-state index in [0.717, 1.165) is 0 Å². The van der Waals surface area contributed by atoms with Crippen molar-refractivity contribution >= 4 is 21.9 Å². The van der Waals surface area contributed by atoms with Gasteiger partial charge in [-0.25, -0.2) is 8.42 Å². The lowest BCUT2D eigenvalue weighted by molar-refractivity contribution is -0.147. The van der Waals surface area contributed by atoms with Crippen LogP contribution in [0.1, 0.15) is 27.2 Å². The quantitative estimate of drug-likeness (QED) is 0.564. The van der Waals surface area contributed by atoms with Gasteiger partial charge >= 0.3 is 5.97 Å². The number of amides is 1. The summed E-state index contributed by atoms with van der Waals surface area (Å²) < 4.78 is 42.6. The highest BCUT2D eigenvalue weighted by Gasteiger charge is 2.30. The fraction of sp³-hybridized carbons (Fsp3) is 0.526. The summed E-state index contributed by atoms with van der Waals surface area (Å²) in [5.41, 5.74) is -1.11. The molecule has 1 aromatic rings. The van der Waals surface area contributed by atoms with Crippen LogP contribution < -0.4 is 19.5 Å². The van der Waals surface area contributed by atoms with E-state index in [1.807, 2.05) is 6.07 Å². The number of ether oxygens (including phenoxy) is 3. The Morgan fingerprint density at radius 3 is 2.57 bits per heavy atom. The standard InChI is InChI=1S/C19H25N3O7S/c1-13(2)19(3,12-20)22-17(23)11-29-18(24)10-21-30(25,26)14-5-6-15-16(9-14)28-8-4-7-27-15/h5-6,9,13,21H,4,7-8,10-11H2,1-3H3,(H,22,23)/t19-/m1/s1. The van der Waals surface area contributed by atoms with Gasteiger partial charge in [-0.15, -0.1) is 0 Å². The number of hydrogen-bond donors (Lipinski definition) is 2. The first-order valence-corrected chi connectivity index (χ1v) is 10.8. The average Bonchev–Trinajstić information content (AvgIpc) is 2.95. The molecule has 0 aromatic heterocycles. The third kappa shape index (κ3) is 6.08. The Balaban J connectivity index is 1.89. The molecule has 0 unspecified atom stereocenters. The Morgan fingerprint density at radius 1 is 1.27 bits per heavy atom. The number of nitrogens with zero attached hydrogens (tertiary/aromatic N) is 1. The molecule has 1 atom stereocenters. The molecule has 1 aliphatic heterocycles. The number of benzene rings is 1. The summed E-state index contributed by atoms with van der Waals surface area (Å²) in [6.45, 7) is 4.67. The Labute approximate surface area is 175 Å². The molecule has 0 saturated heterocycles. The van der Waals surface area contributed by atoms with Gasteiger partial charge in [-0.3, -0.25) is 9.59 Å².